The first kappa shape index (κ1) is 17.2. The number of fused-ring (bicyclic) bond motifs is 1. The van der Waals surface area contributed by atoms with Gasteiger partial charge in [-0.05, 0) is 20.3 Å². The Labute approximate surface area is 135 Å². The first-order chi connectivity index (χ1) is 10.9. The van der Waals surface area contributed by atoms with Crippen molar-refractivity contribution in [1.29, 1.82) is 0 Å². The van der Waals surface area contributed by atoms with Crippen LogP contribution in [0.5, 0.6) is 0 Å². The van der Waals surface area contributed by atoms with Crippen LogP contribution in [0, 0.1) is 0 Å². The van der Waals surface area contributed by atoms with Gasteiger partial charge in [-0.2, -0.15) is 0 Å². The maximum atomic E-state index is 12.4. The van der Waals surface area contributed by atoms with Crippen LogP contribution < -0.4 is 11.2 Å². The second-order valence-electron chi connectivity index (χ2n) is 6.05. The molecule has 0 radical (unpaired) electrons. The van der Waals surface area contributed by atoms with Gasteiger partial charge < -0.3 is 4.57 Å². The molecule has 23 heavy (non-hydrogen) atoms. The van der Waals surface area contributed by atoms with Crippen LogP contribution in [0.25, 0.3) is 11.2 Å². The number of aromatic nitrogens is 4. The maximum absolute atomic E-state index is 12.4. The molecule has 0 bridgehead atoms. The molecule has 0 saturated carbocycles. The van der Waals surface area contributed by atoms with E-state index in [1.165, 1.54) is 11.6 Å². The Morgan fingerprint density at radius 3 is 2.61 bits per heavy atom. The second-order valence-corrected chi connectivity index (χ2v) is 6.05. The van der Waals surface area contributed by atoms with E-state index in [-0.39, 0.29) is 11.2 Å². The molecule has 0 spiro atoms. The molecule has 0 aliphatic carbocycles. The molecule has 2 heterocycles. The molecular formula is C16H25N5O2. The van der Waals surface area contributed by atoms with Crippen molar-refractivity contribution in [3.63, 3.8) is 0 Å². The van der Waals surface area contributed by atoms with Gasteiger partial charge >= 0.3 is 5.69 Å². The Morgan fingerprint density at radius 2 is 2.00 bits per heavy atom. The van der Waals surface area contributed by atoms with Crippen molar-refractivity contribution in [1.82, 2.24) is 23.6 Å². The summed E-state index contributed by atoms with van der Waals surface area (Å²) in [7, 11) is 3.12. The van der Waals surface area contributed by atoms with Gasteiger partial charge in [-0.1, -0.05) is 6.08 Å². The highest BCUT2D eigenvalue weighted by Crippen LogP contribution is 2.07. The van der Waals surface area contributed by atoms with Gasteiger partial charge in [0.15, 0.2) is 11.2 Å². The van der Waals surface area contributed by atoms with Gasteiger partial charge in [-0.3, -0.25) is 18.8 Å². The largest absolute Gasteiger partial charge is 0.332 e. The zero-order valence-corrected chi connectivity index (χ0v) is 14.3. The first-order valence-corrected chi connectivity index (χ1v) is 7.84. The summed E-state index contributed by atoms with van der Waals surface area (Å²) >= 11 is 0. The SMILES string of the molecule is C=CCN(CCCn1cnc2c1c(=O)n(C)c(=O)n2C)C(C)C. The van der Waals surface area contributed by atoms with Crippen LogP contribution in [0.3, 0.4) is 0 Å². The van der Waals surface area contributed by atoms with Gasteiger partial charge in [0.1, 0.15) is 0 Å². The van der Waals surface area contributed by atoms with Crippen molar-refractivity contribution in [3.05, 3.63) is 39.8 Å². The topological polar surface area (TPSA) is 65.1 Å². The molecule has 2 rings (SSSR count). The van der Waals surface area contributed by atoms with E-state index in [4.69, 9.17) is 0 Å². The summed E-state index contributed by atoms with van der Waals surface area (Å²) in [6.07, 6.45) is 4.43. The van der Waals surface area contributed by atoms with Crippen LogP contribution in [0.15, 0.2) is 28.6 Å². The lowest BCUT2D eigenvalue weighted by atomic mass is 10.2. The molecule has 0 aliphatic rings. The van der Waals surface area contributed by atoms with Gasteiger partial charge in [0, 0.05) is 39.8 Å². The molecule has 0 unspecified atom stereocenters. The van der Waals surface area contributed by atoms with E-state index in [9.17, 15) is 9.59 Å². The molecule has 0 N–H and O–H groups in total. The molecule has 0 aliphatic heterocycles. The van der Waals surface area contributed by atoms with E-state index in [0.29, 0.717) is 23.8 Å². The number of imidazole rings is 1. The average Bonchev–Trinajstić information content (AvgIpc) is 2.94. The highest BCUT2D eigenvalue weighted by atomic mass is 16.2. The second kappa shape index (κ2) is 6.95. The summed E-state index contributed by atoms with van der Waals surface area (Å²) in [6.45, 7) is 10.5. The molecular weight excluding hydrogens is 294 g/mol. The predicted molar refractivity (Wildman–Crippen MR) is 91.7 cm³/mol. The van der Waals surface area contributed by atoms with Gasteiger partial charge in [0.05, 0.1) is 6.33 Å². The van der Waals surface area contributed by atoms with E-state index < -0.39 is 0 Å². The van der Waals surface area contributed by atoms with Gasteiger partial charge in [-0.25, -0.2) is 9.78 Å². The number of aryl methyl sites for hydroxylation is 2. The smallest absolute Gasteiger partial charge is 0.325 e. The quantitative estimate of drug-likeness (QED) is 0.706. The molecule has 2 aromatic rings. The summed E-state index contributed by atoms with van der Waals surface area (Å²) < 4.78 is 4.37. The summed E-state index contributed by atoms with van der Waals surface area (Å²) in [4.78, 5) is 30.8. The normalized spacial score (nSPS) is 11.7. The van der Waals surface area contributed by atoms with Crippen LogP contribution >= 0.6 is 0 Å². The molecule has 0 saturated heterocycles. The summed E-state index contributed by atoms with van der Waals surface area (Å²) in [5, 5.41) is 0. The maximum Gasteiger partial charge on any atom is 0.332 e. The Kier molecular flexibility index (Phi) is 5.20. The minimum atomic E-state index is -0.357. The lowest BCUT2D eigenvalue weighted by Gasteiger charge is -2.24. The van der Waals surface area contributed by atoms with Crippen LogP contribution in [0.1, 0.15) is 20.3 Å². The molecule has 126 valence electrons. The molecule has 7 heteroatoms. The lowest BCUT2D eigenvalue weighted by molar-refractivity contribution is 0.239. The third kappa shape index (κ3) is 3.29. The minimum Gasteiger partial charge on any atom is -0.325 e. The molecule has 0 aromatic carbocycles. The number of hydrogen-bond donors (Lipinski definition) is 0. The van der Waals surface area contributed by atoms with Crippen molar-refractivity contribution in [2.45, 2.75) is 32.9 Å². The Bertz CT molecular complexity index is 812. The van der Waals surface area contributed by atoms with Crippen molar-refractivity contribution in [2.24, 2.45) is 14.1 Å². The Morgan fingerprint density at radius 1 is 1.30 bits per heavy atom. The van der Waals surface area contributed by atoms with Crippen molar-refractivity contribution >= 4 is 11.2 Å². The zero-order valence-electron chi connectivity index (χ0n) is 14.3. The third-order valence-electron chi connectivity index (χ3n) is 4.16. The van der Waals surface area contributed by atoms with Gasteiger partial charge in [0.2, 0.25) is 0 Å². The van der Waals surface area contributed by atoms with Crippen LogP contribution in [0.4, 0.5) is 0 Å². The van der Waals surface area contributed by atoms with Gasteiger partial charge in [0.25, 0.3) is 5.56 Å². The number of hydrogen-bond acceptors (Lipinski definition) is 4. The first-order valence-electron chi connectivity index (χ1n) is 7.84. The fraction of sp³-hybridized carbons (Fsp3) is 0.562. The molecule has 0 amide bonds. The van der Waals surface area contributed by atoms with E-state index in [0.717, 1.165) is 24.1 Å². The monoisotopic (exact) mass is 319 g/mol. The highest BCUT2D eigenvalue weighted by molar-refractivity contribution is 5.69. The number of nitrogens with zero attached hydrogens (tertiary/aromatic N) is 5. The van der Waals surface area contributed by atoms with Crippen molar-refractivity contribution in [3.8, 4) is 0 Å². The fourth-order valence-corrected chi connectivity index (χ4v) is 2.74. The number of rotatable bonds is 7. The summed E-state index contributed by atoms with van der Waals surface area (Å²) in [5.74, 6) is 0. The summed E-state index contributed by atoms with van der Waals surface area (Å²) in [5.41, 5.74) is 0.261. The van der Waals surface area contributed by atoms with E-state index in [1.807, 2.05) is 10.6 Å². The fourth-order valence-electron chi connectivity index (χ4n) is 2.74. The Hall–Kier alpha value is -2.15. The molecule has 7 nitrogen and oxygen atoms in total. The standard InChI is InChI=1S/C16H25N5O2/c1-6-8-20(12(2)3)9-7-10-21-11-17-14-13(21)15(22)19(5)16(23)18(14)4/h6,11-12H,1,7-10H2,2-5H3. The predicted octanol–water partition coefficient (Wildman–Crippen LogP) is 0.720. The van der Waals surface area contributed by atoms with Crippen molar-refractivity contribution < 1.29 is 0 Å². The summed E-state index contributed by atoms with van der Waals surface area (Å²) in [6, 6.07) is 0.446. The average molecular weight is 319 g/mol. The highest BCUT2D eigenvalue weighted by Gasteiger charge is 2.14. The van der Waals surface area contributed by atoms with E-state index >= 15 is 0 Å². The lowest BCUT2D eigenvalue weighted by Crippen LogP contribution is -2.37. The third-order valence-corrected chi connectivity index (χ3v) is 4.16. The van der Waals surface area contributed by atoms with E-state index in [1.54, 1.807) is 13.4 Å². The van der Waals surface area contributed by atoms with Crippen LogP contribution in [0.2, 0.25) is 0 Å². The molecule has 0 fully saturated rings. The van der Waals surface area contributed by atoms with Crippen molar-refractivity contribution in [2.75, 3.05) is 13.1 Å². The zero-order chi connectivity index (χ0) is 17.1. The molecule has 2 aromatic heterocycles. The Balaban J connectivity index is 2.24. The minimum absolute atomic E-state index is 0.299. The van der Waals surface area contributed by atoms with Crippen LogP contribution in [-0.4, -0.2) is 42.7 Å². The van der Waals surface area contributed by atoms with Crippen LogP contribution in [-0.2, 0) is 20.6 Å². The van der Waals surface area contributed by atoms with Gasteiger partial charge in [-0.15, -0.1) is 6.58 Å². The molecule has 0 atom stereocenters. The van der Waals surface area contributed by atoms with E-state index in [2.05, 4.69) is 30.3 Å².